The number of piperidine rings is 1. The second kappa shape index (κ2) is 6.06. The van der Waals surface area contributed by atoms with Gasteiger partial charge in [0.05, 0.1) is 0 Å². The number of hydrogen-bond acceptors (Lipinski definition) is 3. The largest absolute Gasteiger partial charge is 0.508 e. The van der Waals surface area contributed by atoms with Gasteiger partial charge in [0.2, 0.25) is 0 Å². The van der Waals surface area contributed by atoms with Crippen molar-refractivity contribution in [1.82, 2.24) is 4.90 Å². The summed E-state index contributed by atoms with van der Waals surface area (Å²) in [4.78, 5) is 13.5. The lowest BCUT2D eigenvalue weighted by molar-refractivity contribution is -0.146. The Balaban J connectivity index is 2.24. The van der Waals surface area contributed by atoms with E-state index in [1.165, 1.54) is 0 Å². The molecule has 2 atom stereocenters. The van der Waals surface area contributed by atoms with Crippen LogP contribution >= 0.6 is 0 Å². The highest BCUT2D eigenvalue weighted by atomic mass is 16.4. The zero-order chi connectivity index (χ0) is 13.8. The lowest BCUT2D eigenvalue weighted by Gasteiger charge is -2.39. The highest BCUT2D eigenvalue weighted by Gasteiger charge is 2.33. The molecule has 1 aliphatic rings. The Hall–Kier alpha value is -1.55. The molecule has 1 heterocycles. The second-order valence-electron chi connectivity index (χ2n) is 5.10. The summed E-state index contributed by atoms with van der Waals surface area (Å²) >= 11 is 0. The Kier molecular flexibility index (Phi) is 4.43. The smallest absolute Gasteiger partial charge is 0.320 e. The van der Waals surface area contributed by atoms with Crippen LogP contribution in [0.4, 0.5) is 0 Å². The molecule has 2 rings (SSSR count). The fraction of sp³-hybridized carbons (Fsp3) is 0.533. The highest BCUT2D eigenvalue weighted by molar-refractivity contribution is 5.73. The third kappa shape index (κ3) is 3.07. The lowest BCUT2D eigenvalue weighted by Crippen LogP contribution is -2.46. The number of aliphatic carboxylic acids is 1. The van der Waals surface area contributed by atoms with E-state index < -0.39 is 5.97 Å². The summed E-state index contributed by atoms with van der Waals surface area (Å²) in [7, 11) is 0. The molecule has 1 aromatic carbocycles. The average Bonchev–Trinajstić information content (AvgIpc) is 2.42. The van der Waals surface area contributed by atoms with Gasteiger partial charge in [-0.25, -0.2) is 0 Å². The number of carbonyl (C=O) groups is 1. The predicted molar refractivity (Wildman–Crippen MR) is 73.1 cm³/mol. The first-order valence-electron chi connectivity index (χ1n) is 6.91. The molecule has 0 bridgehead atoms. The van der Waals surface area contributed by atoms with Gasteiger partial charge in [-0.05, 0) is 43.5 Å². The molecule has 1 aromatic rings. The van der Waals surface area contributed by atoms with E-state index in [1.54, 1.807) is 12.1 Å². The summed E-state index contributed by atoms with van der Waals surface area (Å²) in [6.07, 6.45) is 3.64. The van der Waals surface area contributed by atoms with Crippen molar-refractivity contribution in [2.75, 3.05) is 6.54 Å². The van der Waals surface area contributed by atoms with Gasteiger partial charge in [0, 0.05) is 6.04 Å². The topological polar surface area (TPSA) is 60.8 Å². The van der Waals surface area contributed by atoms with Gasteiger partial charge in [0.15, 0.2) is 0 Å². The van der Waals surface area contributed by atoms with Crippen LogP contribution in [0, 0.1) is 0 Å². The lowest BCUT2D eigenvalue weighted by atomic mass is 9.95. The minimum Gasteiger partial charge on any atom is -0.508 e. The summed E-state index contributed by atoms with van der Waals surface area (Å²) in [5, 5.41) is 18.7. The molecular formula is C15H21NO3. The fourth-order valence-corrected chi connectivity index (χ4v) is 2.95. The first-order valence-corrected chi connectivity index (χ1v) is 6.91. The summed E-state index contributed by atoms with van der Waals surface area (Å²) < 4.78 is 0. The van der Waals surface area contributed by atoms with Crippen molar-refractivity contribution in [3.63, 3.8) is 0 Å². The van der Waals surface area contributed by atoms with Crippen LogP contribution < -0.4 is 0 Å². The Morgan fingerprint density at radius 3 is 2.63 bits per heavy atom. The first-order chi connectivity index (χ1) is 9.13. The molecule has 1 aliphatic heterocycles. The number of carboxylic acids is 1. The second-order valence-corrected chi connectivity index (χ2v) is 5.10. The van der Waals surface area contributed by atoms with Crippen molar-refractivity contribution in [2.24, 2.45) is 0 Å². The minimum atomic E-state index is -0.725. The van der Waals surface area contributed by atoms with E-state index in [0.29, 0.717) is 0 Å². The molecule has 1 saturated heterocycles. The van der Waals surface area contributed by atoms with Gasteiger partial charge in [-0.2, -0.15) is 0 Å². The van der Waals surface area contributed by atoms with Gasteiger partial charge in [0.25, 0.3) is 0 Å². The summed E-state index contributed by atoms with van der Waals surface area (Å²) in [5.74, 6) is -0.482. The number of phenols is 1. The Morgan fingerprint density at radius 2 is 2.05 bits per heavy atom. The van der Waals surface area contributed by atoms with E-state index in [9.17, 15) is 15.0 Å². The molecule has 0 saturated carbocycles. The monoisotopic (exact) mass is 263 g/mol. The van der Waals surface area contributed by atoms with E-state index in [1.807, 2.05) is 12.1 Å². The molecule has 4 nitrogen and oxygen atoms in total. The molecule has 0 spiro atoms. The number of benzene rings is 1. The molecule has 0 aromatic heterocycles. The summed E-state index contributed by atoms with van der Waals surface area (Å²) in [6, 6.07) is 6.83. The quantitative estimate of drug-likeness (QED) is 0.877. The summed E-state index contributed by atoms with van der Waals surface area (Å²) in [5.41, 5.74) is 1.08. The Labute approximate surface area is 113 Å². The van der Waals surface area contributed by atoms with Gasteiger partial charge in [-0.1, -0.05) is 25.5 Å². The van der Waals surface area contributed by atoms with Crippen LogP contribution in [-0.4, -0.2) is 33.7 Å². The third-order valence-electron chi connectivity index (χ3n) is 3.89. The van der Waals surface area contributed by atoms with Crippen LogP contribution in [0.5, 0.6) is 5.75 Å². The van der Waals surface area contributed by atoms with Gasteiger partial charge < -0.3 is 10.2 Å². The Morgan fingerprint density at radius 1 is 1.37 bits per heavy atom. The Bertz CT molecular complexity index is 430. The van der Waals surface area contributed by atoms with E-state index in [-0.39, 0.29) is 17.8 Å². The van der Waals surface area contributed by atoms with Crippen LogP contribution in [0.1, 0.15) is 44.2 Å². The first kappa shape index (κ1) is 13.9. The molecule has 2 unspecified atom stereocenters. The molecule has 0 aliphatic carbocycles. The number of hydrogen-bond donors (Lipinski definition) is 2. The predicted octanol–water partition coefficient (Wildman–Crippen LogP) is 2.78. The number of aromatic hydroxyl groups is 1. The average molecular weight is 263 g/mol. The van der Waals surface area contributed by atoms with Crippen molar-refractivity contribution < 1.29 is 15.0 Å². The van der Waals surface area contributed by atoms with E-state index in [2.05, 4.69) is 11.8 Å². The maximum atomic E-state index is 11.4. The van der Waals surface area contributed by atoms with Crippen molar-refractivity contribution >= 4 is 5.97 Å². The van der Waals surface area contributed by atoms with E-state index in [0.717, 1.165) is 37.8 Å². The van der Waals surface area contributed by atoms with Crippen LogP contribution in [0.3, 0.4) is 0 Å². The van der Waals surface area contributed by atoms with Gasteiger partial charge >= 0.3 is 5.97 Å². The van der Waals surface area contributed by atoms with Crippen LogP contribution in [0.15, 0.2) is 24.3 Å². The maximum absolute atomic E-state index is 11.4. The zero-order valence-corrected chi connectivity index (χ0v) is 11.2. The van der Waals surface area contributed by atoms with Crippen LogP contribution in [-0.2, 0) is 4.79 Å². The molecule has 2 N–H and O–H groups in total. The maximum Gasteiger partial charge on any atom is 0.320 e. The van der Waals surface area contributed by atoms with E-state index in [4.69, 9.17) is 0 Å². The molecule has 1 fully saturated rings. The number of rotatable bonds is 4. The minimum absolute atomic E-state index is 0.113. The number of carboxylic acid groups (broad SMARTS) is 1. The highest BCUT2D eigenvalue weighted by Crippen LogP contribution is 2.31. The molecular weight excluding hydrogens is 242 g/mol. The van der Waals surface area contributed by atoms with Gasteiger partial charge in [0.1, 0.15) is 11.8 Å². The summed E-state index contributed by atoms with van der Waals surface area (Å²) in [6.45, 7) is 2.90. The fourth-order valence-electron chi connectivity index (χ4n) is 2.95. The molecule has 0 amide bonds. The van der Waals surface area contributed by atoms with Gasteiger partial charge in [-0.3, -0.25) is 9.69 Å². The molecule has 0 radical (unpaired) electrons. The molecule has 4 heteroatoms. The van der Waals surface area contributed by atoms with Gasteiger partial charge in [-0.15, -0.1) is 0 Å². The van der Waals surface area contributed by atoms with Crippen LogP contribution in [0.2, 0.25) is 0 Å². The SMILES string of the molecule is CCC(c1ccc(O)cc1)N1CCCCC1C(=O)O. The molecule has 104 valence electrons. The van der Waals surface area contributed by atoms with Crippen molar-refractivity contribution in [2.45, 2.75) is 44.7 Å². The zero-order valence-electron chi connectivity index (χ0n) is 11.2. The van der Waals surface area contributed by atoms with Crippen molar-refractivity contribution in [1.29, 1.82) is 0 Å². The third-order valence-corrected chi connectivity index (χ3v) is 3.89. The number of nitrogens with zero attached hydrogens (tertiary/aromatic N) is 1. The standard InChI is InChI=1S/C15H21NO3/c1-2-13(11-6-8-12(17)9-7-11)16-10-4-3-5-14(16)15(18)19/h6-9,13-14,17H,2-5,10H2,1H3,(H,18,19). The van der Waals surface area contributed by atoms with Crippen molar-refractivity contribution in [3.05, 3.63) is 29.8 Å². The normalized spacial score (nSPS) is 22.1. The van der Waals surface area contributed by atoms with Crippen LogP contribution in [0.25, 0.3) is 0 Å². The van der Waals surface area contributed by atoms with Crippen molar-refractivity contribution in [3.8, 4) is 5.75 Å². The number of likely N-dealkylation sites (tertiary alicyclic amines) is 1. The molecule has 19 heavy (non-hydrogen) atoms. The number of phenolic OH excluding ortho intramolecular Hbond substituents is 1. The van der Waals surface area contributed by atoms with E-state index >= 15 is 0 Å².